The Kier molecular flexibility index (Phi) is 5.49. The lowest BCUT2D eigenvalue weighted by Gasteiger charge is -2.30. The summed E-state index contributed by atoms with van der Waals surface area (Å²) in [6.45, 7) is 5.76. The number of urea groups is 1. The Labute approximate surface area is 111 Å². The Hall–Kier alpha value is -1.21. The Morgan fingerprint density at radius 2 is 2.00 bits per heavy atom. The maximum atomic E-state index is 11.8. The Bertz CT molecular complexity index is 382. The molecule has 1 rings (SSSR count). The quantitative estimate of drug-likeness (QED) is 0.736. The summed E-state index contributed by atoms with van der Waals surface area (Å²) in [4.78, 5) is 11.8. The van der Waals surface area contributed by atoms with E-state index in [1.807, 2.05) is 20.8 Å². The molecule has 1 aromatic rings. The highest BCUT2D eigenvalue weighted by molar-refractivity contribution is 7.15. The van der Waals surface area contributed by atoms with Crippen molar-refractivity contribution in [3.8, 4) is 0 Å². The summed E-state index contributed by atoms with van der Waals surface area (Å²) in [5, 5.41) is 23.9. The zero-order valence-corrected chi connectivity index (χ0v) is 11.8. The van der Waals surface area contributed by atoms with Crippen molar-refractivity contribution in [1.29, 1.82) is 0 Å². The van der Waals surface area contributed by atoms with E-state index in [1.54, 1.807) is 0 Å². The van der Waals surface area contributed by atoms with Crippen LogP contribution >= 0.6 is 11.3 Å². The summed E-state index contributed by atoms with van der Waals surface area (Å²) >= 11 is 1.35. The smallest absolute Gasteiger partial charge is 0.321 e. The van der Waals surface area contributed by atoms with E-state index in [1.165, 1.54) is 11.3 Å². The fourth-order valence-electron chi connectivity index (χ4n) is 1.51. The van der Waals surface area contributed by atoms with Crippen LogP contribution in [0.1, 0.15) is 38.6 Å². The third kappa shape index (κ3) is 3.64. The number of nitrogens with one attached hydrogen (secondary N) is 2. The van der Waals surface area contributed by atoms with Crippen LogP contribution < -0.4 is 10.6 Å². The van der Waals surface area contributed by atoms with Gasteiger partial charge in [-0.2, -0.15) is 0 Å². The van der Waals surface area contributed by atoms with Crippen LogP contribution in [-0.4, -0.2) is 33.5 Å². The largest absolute Gasteiger partial charge is 0.394 e. The molecule has 18 heavy (non-hydrogen) atoms. The molecule has 0 aliphatic rings. The van der Waals surface area contributed by atoms with E-state index < -0.39 is 5.54 Å². The molecule has 0 aliphatic heterocycles. The molecule has 1 aromatic heterocycles. The summed E-state index contributed by atoms with van der Waals surface area (Å²) in [7, 11) is 0. The van der Waals surface area contributed by atoms with Crippen LogP contribution in [0.4, 0.5) is 9.93 Å². The number of anilines is 1. The van der Waals surface area contributed by atoms with Crippen molar-refractivity contribution < 1.29 is 9.90 Å². The second kappa shape index (κ2) is 6.65. The lowest BCUT2D eigenvalue weighted by atomic mass is 9.94. The van der Waals surface area contributed by atoms with Gasteiger partial charge in [-0.05, 0) is 19.3 Å². The topological polar surface area (TPSA) is 87.1 Å². The highest BCUT2D eigenvalue weighted by Crippen LogP contribution is 2.17. The zero-order valence-electron chi connectivity index (χ0n) is 11.0. The van der Waals surface area contributed by atoms with Crippen molar-refractivity contribution in [3.63, 3.8) is 0 Å². The van der Waals surface area contributed by atoms with Gasteiger partial charge < -0.3 is 10.4 Å². The van der Waals surface area contributed by atoms with E-state index >= 15 is 0 Å². The number of carbonyl (C=O) groups is 1. The van der Waals surface area contributed by atoms with Crippen LogP contribution in [0.15, 0.2) is 0 Å². The molecule has 0 aliphatic carbocycles. The second-order valence-corrected chi connectivity index (χ2v) is 5.14. The summed E-state index contributed by atoms with van der Waals surface area (Å²) in [6, 6.07) is -0.355. The third-order valence-corrected chi connectivity index (χ3v) is 4.01. The molecule has 0 fully saturated rings. The minimum absolute atomic E-state index is 0.0796. The monoisotopic (exact) mass is 272 g/mol. The molecule has 0 radical (unpaired) electrons. The number of hydrogen-bond donors (Lipinski definition) is 3. The van der Waals surface area contributed by atoms with Crippen molar-refractivity contribution in [1.82, 2.24) is 15.5 Å². The van der Waals surface area contributed by atoms with E-state index in [2.05, 4.69) is 20.8 Å². The molecule has 0 spiro atoms. The number of aromatic nitrogens is 2. The predicted octanol–water partition coefficient (Wildman–Crippen LogP) is 1.77. The van der Waals surface area contributed by atoms with Crippen LogP contribution in [0.5, 0.6) is 0 Å². The number of hydrogen-bond acceptors (Lipinski definition) is 5. The lowest BCUT2D eigenvalue weighted by molar-refractivity contribution is 0.155. The SMILES string of the molecule is CCc1nnc(NC(=O)NC(CC)(CC)CO)s1. The van der Waals surface area contributed by atoms with Crippen molar-refractivity contribution in [2.45, 2.75) is 45.6 Å². The molecule has 7 heteroatoms. The molecule has 6 nitrogen and oxygen atoms in total. The highest BCUT2D eigenvalue weighted by Gasteiger charge is 2.27. The van der Waals surface area contributed by atoms with Crippen LogP contribution in [0.2, 0.25) is 0 Å². The van der Waals surface area contributed by atoms with Gasteiger partial charge in [-0.15, -0.1) is 10.2 Å². The fraction of sp³-hybridized carbons (Fsp3) is 0.727. The van der Waals surface area contributed by atoms with Gasteiger partial charge in [0.1, 0.15) is 5.01 Å². The van der Waals surface area contributed by atoms with Gasteiger partial charge in [0.15, 0.2) is 0 Å². The van der Waals surface area contributed by atoms with E-state index in [4.69, 9.17) is 0 Å². The Morgan fingerprint density at radius 1 is 1.33 bits per heavy atom. The highest BCUT2D eigenvalue weighted by atomic mass is 32.1. The van der Waals surface area contributed by atoms with Gasteiger partial charge >= 0.3 is 6.03 Å². The molecule has 0 saturated carbocycles. The van der Waals surface area contributed by atoms with Gasteiger partial charge in [-0.3, -0.25) is 5.32 Å². The van der Waals surface area contributed by atoms with Crippen LogP contribution in [0, 0.1) is 0 Å². The van der Waals surface area contributed by atoms with E-state index in [0.29, 0.717) is 18.0 Å². The van der Waals surface area contributed by atoms with Crippen LogP contribution in [-0.2, 0) is 6.42 Å². The first kappa shape index (κ1) is 14.8. The summed E-state index contributed by atoms with van der Waals surface area (Å²) in [6.07, 6.45) is 2.14. The molecule has 3 N–H and O–H groups in total. The number of carbonyl (C=O) groups excluding carboxylic acids is 1. The average molecular weight is 272 g/mol. The zero-order chi connectivity index (χ0) is 13.6. The summed E-state index contributed by atoms with van der Waals surface area (Å²) < 4.78 is 0. The van der Waals surface area contributed by atoms with Gasteiger partial charge in [0.25, 0.3) is 0 Å². The Balaban J connectivity index is 2.60. The summed E-state index contributed by atoms with van der Waals surface area (Å²) in [5.41, 5.74) is -0.567. The molecule has 102 valence electrons. The van der Waals surface area contributed by atoms with Gasteiger partial charge in [0.2, 0.25) is 5.13 Å². The van der Waals surface area contributed by atoms with Gasteiger partial charge in [-0.1, -0.05) is 32.1 Å². The molecular formula is C11H20N4O2S. The number of aliphatic hydroxyl groups excluding tert-OH is 1. The minimum Gasteiger partial charge on any atom is -0.394 e. The summed E-state index contributed by atoms with van der Waals surface area (Å²) in [5.74, 6) is 0. The van der Waals surface area contributed by atoms with Crippen molar-refractivity contribution in [3.05, 3.63) is 5.01 Å². The molecule has 0 bridgehead atoms. The number of amides is 2. The molecule has 0 unspecified atom stereocenters. The molecule has 0 aromatic carbocycles. The number of nitrogens with zero attached hydrogens (tertiary/aromatic N) is 2. The predicted molar refractivity (Wildman–Crippen MR) is 71.8 cm³/mol. The molecule has 2 amide bonds. The molecular weight excluding hydrogens is 252 g/mol. The fourth-order valence-corrected chi connectivity index (χ4v) is 2.18. The van der Waals surface area contributed by atoms with Crippen molar-refractivity contribution >= 4 is 22.5 Å². The van der Waals surface area contributed by atoms with Crippen molar-refractivity contribution in [2.75, 3.05) is 11.9 Å². The normalized spacial score (nSPS) is 11.3. The number of aryl methyl sites for hydroxylation is 1. The first-order valence-electron chi connectivity index (χ1n) is 6.11. The molecule has 0 saturated heterocycles. The maximum Gasteiger partial charge on any atom is 0.321 e. The Morgan fingerprint density at radius 3 is 2.44 bits per heavy atom. The van der Waals surface area contributed by atoms with E-state index in [9.17, 15) is 9.90 Å². The number of aliphatic hydroxyl groups is 1. The van der Waals surface area contributed by atoms with Crippen LogP contribution in [0.25, 0.3) is 0 Å². The average Bonchev–Trinajstić information content (AvgIpc) is 2.83. The van der Waals surface area contributed by atoms with E-state index in [-0.39, 0.29) is 12.6 Å². The maximum absolute atomic E-state index is 11.8. The van der Waals surface area contributed by atoms with E-state index in [0.717, 1.165) is 11.4 Å². The van der Waals surface area contributed by atoms with Gasteiger partial charge in [-0.25, -0.2) is 4.79 Å². The molecule has 0 atom stereocenters. The van der Waals surface area contributed by atoms with Crippen LogP contribution in [0.3, 0.4) is 0 Å². The first-order valence-corrected chi connectivity index (χ1v) is 6.93. The van der Waals surface area contributed by atoms with Gasteiger partial charge in [0.05, 0.1) is 12.1 Å². The van der Waals surface area contributed by atoms with Crippen molar-refractivity contribution in [2.24, 2.45) is 0 Å². The number of rotatable bonds is 6. The minimum atomic E-state index is -0.567. The third-order valence-electron chi connectivity index (χ3n) is 3.02. The molecule has 1 heterocycles. The second-order valence-electron chi connectivity index (χ2n) is 4.08. The lowest BCUT2D eigenvalue weighted by Crippen LogP contribution is -2.52. The first-order chi connectivity index (χ1) is 8.59. The van der Waals surface area contributed by atoms with Gasteiger partial charge in [0, 0.05) is 0 Å². The standard InChI is InChI=1S/C11H20N4O2S/c1-4-8-14-15-10(18-8)12-9(17)13-11(5-2,6-3)7-16/h16H,4-7H2,1-3H3,(H2,12,13,15,17).